The van der Waals surface area contributed by atoms with Crippen LogP contribution in [-0.4, -0.2) is 0 Å². The summed E-state index contributed by atoms with van der Waals surface area (Å²) in [5.41, 5.74) is 9.33. The molecule has 186 valence electrons. The van der Waals surface area contributed by atoms with Gasteiger partial charge in [0.15, 0.2) is 0 Å². The third kappa shape index (κ3) is 3.17. The normalized spacial score (nSPS) is 12.4. The molecule has 0 saturated carbocycles. The van der Waals surface area contributed by atoms with Gasteiger partial charge in [-0.2, -0.15) is 0 Å². The highest BCUT2D eigenvalue weighted by molar-refractivity contribution is 7.99. The molecule has 2 heteroatoms. The van der Waals surface area contributed by atoms with Crippen LogP contribution in [0.1, 0.15) is 0 Å². The zero-order chi connectivity index (χ0) is 26.2. The minimum absolute atomic E-state index is 0.919. The van der Waals surface area contributed by atoms with Crippen LogP contribution in [0.2, 0.25) is 0 Å². The molecule has 0 fully saturated rings. The fourth-order valence-corrected chi connectivity index (χ4v) is 7.57. The van der Waals surface area contributed by atoms with Gasteiger partial charge in [0.05, 0.1) is 0 Å². The molecule has 8 aromatic rings. The molecule has 40 heavy (non-hydrogen) atoms. The van der Waals surface area contributed by atoms with Gasteiger partial charge in [-0.05, 0) is 85.9 Å². The minimum Gasteiger partial charge on any atom is -0.456 e. The van der Waals surface area contributed by atoms with E-state index in [4.69, 9.17) is 4.42 Å². The van der Waals surface area contributed by atoms with Gasteiger partial charge < -0.3 is 4.42 Å². The Morgan fingerprint density at radius 2 is 1.07 bits per heavy atom. The van der Waals surface area contributed by atoms with Crippen molar-refractivity contribution < 1.29 is 4.42 Å². The molecule has 0 aliphatic carbocycles. The van der Waals surface area contributed by atoms with Crippen molar-refractivity contribution in [3.63, 3.8) is 0 Å². The number of hydrogen-bond acceptors (Lipinski definition) is 2. The van der Waals surface area contributed by atoms with Gasteiger partial charge >= 0.3 is 0 Å². The van der Waals surface area contributed by atoms with Gasteiger partial charge in [-0.1, -0.05) is 109 Å². The van der Waals surface area contributed by atoms with Crippen LogP contribution in [0.5, 0.6) is 0 Å². The highest BCUT2D eigenvalue weighted by atomic mass is 32.2. The minimum atomic E-state index is 0.919. The molecule has 1 aliphatic rings. The SMILES string of the molecule is c1ccc(-c2cccc3oc4cc5ccccc5cc4c23)c(-c2ccc3c(c2)-c2cccc4cccc(c24)S3)c1. The van der Waals surface area contributed by atoms with Crippen molar-refractivity contribution >= 4 is 55.2 Å². The monoisotopic (exact) mass is 526 g/mol. The molecule has 0 N–H and O–H groups in total. The first-order chi connectivity index (χ1) is 19.8. The summed E-state index contributed by atoms with van der Waals surface area (Å²) >= 11 is 1.87. The summed E-state index contributed by atoms with van der Waals surface area (Å²) in [4.78, 5) is 2.64. The summed E-state index contributed by atoms with van der Waals surface area (Å²) in [5, 5.41) is 7.40. The summed E-state index contributed by atoms with van der Waals surface area (Å²) in [5.74, 6) is 0. The quantitative estimate of drug-likeness (QED) is 0.222. The standard InChI is InChI=1S/C38H22OS/c1-2-9-25-22-34-32(20-24(25)8-1)38-29(15-7-16-33(38)39-34)28-13-4-3-12-27(28)26-18-19-35-31(21-26)30-14-5-10-23-11-6-17-36(40-35)37(23)30/h1-22H. The lowest BCUT2D eigenvalue weighted by molar-refractivity contribution is 0.669. The van der Waals surface area contributed by atoms with Crippen LogP contribution in [0.25, 0.3) is 76.9 Å². The van der Waals surface area contributed by atoms with Crippen LogP contribution in [0.15, 0.2) is 148 Å². The largest absolute Gasteiger partial charge is 0.456 e. The molecule has 0 saturated heterocycles. The molecule has 0 radical (unpaired) electrons. The molecule has 0 spiro atoms. The van der Waals surface area contributed by atoms with E-state index < -0.39 is 0 Å². The molecular formula is C38H22OS. The van der Waals surface area contributed by atoms with E-state index in [1.165, 1.54) is 70.1 Å². The fourth-order valence-electron chi connectivity index (χ4n) is 6.44. The first kappa shape index (κ1) is 22.1. The Bertz CT molecular complexity index is 2300. The van der Waals surface area contributed by atoms with E-state index in [2.05, 4.69) is 133 Å². The molecule has 1 nitrogen and oxygen atoms in total. The van der Waals surface area contributed by atoms with E-state index in [9.17, 15) is 0 Å². The summed E-state index contributed by atoms with van der Waals surface area (Å²) < 4.78 is 6.41. The van der Waals surface area contributed by atoms with Gasteiger partial charge in [-0.3, -0.25) is 0 Å². The Labute approximate surface area is 235 Å². The highest BCUT2D eigenvalue weighted by Crippen LogP contribution is 2.49. The van der Waals surface area contributed by atoms with E-state index in [0.717, 1.165) is 16.6 Å². The predicted octanol–water partition coefficient (Wildman–Crippen LogP) is 11.4. The number of benzene rings is 7. The first-order valence-electron chi connectivity index (χ1n) is 13.6. The van der Waals surface area contributed by atoms with Crippen molar-refractivity contribution in [1.29, 1.82) is 0 Å². The van der Waals surface area contributed by atoms with Gasteiger partial charge in [-0.25, -0.2) is 0 Å². The van der Waals surface area contributed by atoms with Crippen LogP contribution in [-0.2, 0) is 0 Å². The molecular weight excluding hydrogens is 504 g/mol. The maximum Gasteiger partial charge on any atom is 0.136 e. The van der Waals surface area contributed by atoms with E-state index in [1.54, 1.807) is 0 Å². The molecule has 2 heterocycles. The predicted molar refractivity (Wildman–Crippen MR) is 169 cm³/mol. The van der Waals surface area contributed by atoms with E-state index in [0.29, 0.717) is 0 Å². The maximum atomic E-state index is 6.41. The average molecular weight is 527 g/mol. The second kappa shape index (κ2) is 8.35. The summed E-state index contributed by atoms with van der Waals surface area (Å²) in [6.45, 7) is 0. The molecule has 7 aromatic carbocycles. The Morgan fingerprint density at radius 3 is 1.95 bits per heavy atom. The van der Waals surface area contributed by atoms with Gasteiger partial charge in [0.2, 0.25) is 0 Å². The lowest BCUT2D eigenvalue weighted by Crippen LogP contribution is -1.94. The Morgan fingerprint density at radius 1 is 0.400 bits per heavy atom. The van der Waals surface area contributed by atoms with Gasteiger partial charge in [0.25, 0.3) is 0 Å². The van der Waals surface area contributed by atoms with Crippen molar-refractivity contribution in [2.45, 2.75) is 9.79 Å². The topological polar surface area (TPSA) is 13.1 Å². The fraction of sp³-hybridized carbons (Fsp3) is 0. The molecule has 0 bridgehead atoms. The zero-order valence-corrected chi connectivity index (χ0v) is 22.3. The number of hydrogen-bond donors (Lipinski definition) is 0. The van der Waals surface area contributed by atoms with E-state index in [1.807, 2.05) is 11.8 Å². The average Bonchev–Trinajstić information content (AvgIpc) is 3.37. The molecule has 9 rings (SSSR count). The first-order valence-corrected chi connectivity index (χ1v) is 14.4. The van der Waals surface area contributed by atoms with Gasteiger partial charge in [0, 0.05) is 25.9 Å². The lowest BCUT2D eigenvalue weighted by atomic mass is 9.89. The van der Waals surface area contributed by atoms with Crippen molar-refractivity contribution in [2.24, 2.45) is 0 Å². The van der Waals surface area contributed by atoms with E-state index in [-0.39, 0.29) is 0 Å². The summed E-state index contributed by atoms with van der Waals surface area (Å²) in [6, 6.07) is 48.4. The van der Waals surface area contributed by atoms with Crippen LogP contribution < -0.4 is 0 Å². The summed E-state index contributed by atoms with van der Waals surface area (Å²) in [7, 11) is 0. The third-order valence-corrected chi connectivity index (χ3v) is 9.38. The number of fused-ring (bicyclic) bond motifs is 6. The van der Waals surface area contributed by atoms with Crippen molar-refractivity contribution in [3.05, 3.63) is 133 Å². The Hall–Kier alpha value is -4.79. The zero-order valence-electron chi connectivity index (χ0n) is 21.5. The van der Waals surface area contributed by atoms with E-state index >= 15 is 0 Å². The number of rotatable bonds is 2. The molecule has 0 unspecified atom stereocenters. The van der Waals surface area contributed by atoms with Crippen molar-refractivity contribution in [1.82, 2.24) is 0 Å². The third-order valence-electron chi connectivity index (χ3n) is 8.25. The van der Waals surface area contributed by atoms with Gasteiger partial charge in [-0.15, -0.1) is 0 Å². The van der Waals surface area contributed by atoms with Crippen molar-refractivity contribution in [3.8, 4) is 33.4 Å². The molecule has 1 aliphatic heterocycles. The van der Waals surface area contributed by atoms with Crippen LogP contribution >= 0.6 is 11.8 Å². The smallest absolute Gasteiger partial charge is 0.136 e. The Kier molecular flexibility index (Phi) is 4.61. The lowest BCUT2D eigenvalue weighted by Gasteiger charge is -2.21. The van der Waals surface area contributed by atoms with Crippen LogP contribution in [0.3, 0.4) is 0 Å². The second-order valence-electron chi connectivity index (χ2n) is 10.5. The second-order valence-corrected chi connectivity index (χ2v) is 11.6. The Balaban J connectivity index is 1.28. The van der Waals surface area contributed by atoms with Gasteiger partial charge in [0.1, 0.15) is 11.2 Å². The number of furan rings is 1. The maximum absolute atomic E-state index is 6.41. The highest BCUT2D eigenvalue weighted by Gasteiger charge is 2.21. The van der Waals surface area contributed by atoms with Crippen LogP contribution in [0.4, 0.5) is 0 Å². The molecule has 0 atom stereocenters. The summed E-state index contributed by atoms with van der Waals surface area (Å²) in [6.07, 6.45) is 0. The molecule has 0 amide bonds. The van der Waals surface area contributed by atoms with Crippen LogP contribution in [0, 0.1) is 0 Å². The van der Waals surface area contributed by atoms with Crippen molar-refractivity contribution in [2.75, 3.05) is 0 Å². The molecule has 1 aromatic heterocycles.